The van der Waals surface area contributed by atoms with Gasteiger partial charge in [0, 0.05) is 23.9 Å². The molecule has 0 saturated carbocycles. The Morgan fingerprint density at radius 1 is 1.35 bits per heavy atom. The molecule has 3 rings (SSSR count). The predicted molar refractivity (Wildman–Crippen MR) is 81.1 cm³/mol. The molecule has 1 aliphatic rings. The van der Waals surface area contributed by atoms with Crippen molar-refractivity contribution >= 4 is 28.4 Å². The molecule has 104 valence electrons. The molecule has 1 amide bonds. The number of halogens is 1. The van der Waals surface area contributed by atoms with Gasteiger partial charge in [0.2, 0.25) is 0 Å². The monoisotopic (exact) mass is 288 g/mol. The summed E-state index contributed by atoms with van der Waals surface area (Å²) in [4.78, 5) is 19.0. The molecule has 0 aliphatic carbocycles. The Morgan fingerprint density at radius 3 is 2.95 bits per heavy atom. The van der Waals surface area contributed by atoms with Gasteiger partial charge in [0.15, 0.2) is 0 Å². The summed E-state index contributed by atoms with van der Waals surface area (Å²) in [6.07, 6.45) is 1.01. The molecule has 2 heterocycles. The minimum absolute atomic E-state index is 0.00856. The summed E-state index contributed by atoms with van der Waals surface area (Å²) in [5.41, 5.74) is 1.36. The van der Waals surface area contributed by atoms with Crippen molar-refractivity contribution in [3.05, 3.63) is 42.1 Å². The van der Waals surface area contributed by atoms with E-state index in [-0.39, 0.29) is 11.9 Å². The first kappa shape index (κ1) is 13.4. The van der Waals surface area contributed by atoms with Crippen LogP contribution in [0.3, 0.4) is 0 Å². The number of para-hydroxylation sites is 1. The number of likely N-dealkylation sites (tertiary alicyclic amines) is 1. The van der Waals surface area contributed by atoms with Crippen molar-refractivity contribution in [1.82, 2.24) is 9.88 Å². The summed E-state index contributed by atoms with van der Waals surface area (Å²) in [6.45, 7) is 2.92. The van der Waals surface area contributed by atoms with Gasteiger partial charge < -0.3 is 4.90 Å². The van der Waals surface area contributed by atoms with Gasteiger partial charge >= 0.3 is 0 Å². The highest BCUT2D eigenvalue weighted by Crippen LogP contribution is 2.26. The second kappa shape index (κ2) is 5.41. The third-order valence-corrected chi connectivity index (χ3v) is 4.44. The van der Waals surface area contributed by atoms with Crippen molar-refractivity contribution in [2.45, 2.75) is 19.4 Å². The first-order chi connectivity index (χ1) is 9.70. The summed E-state index contributed by atoms with van der Waals surface area (Å²) in [6, 6.07) is 11.7. The average Bonchev–Trinajstić information content (AvgIpc) is 2.86. The molecule has 0 spiro atoms. The van der Waals surface area contributed by atoms with Crippen LogP contribution in [-0.2, 0) is 0 Å². The van der Waals surface area contributed by atoms with Crippen molar-refractivity contribution < 1.29 is 4.79 Å². The van der Waals surface area contributed by atoms with Crippen molar-refractivity contribution in [2.75, 3.05) is 12.4 Å². The summed E-state index contributed by atoms with van der Waals surface area (Å²) < 4.78 is 0. The van der Waals surface area contributed by atoms with E-state index in [0.717, 1.165) is 23.9 Å². The van der Waals surface area contributed by atoms with Gasteiger partial charge in [-0.1, -0.05) is 31.2 Å². The van der Waals surface area contributed by atoms with Gasteiger partial charge in [-0.05, 0) is 24.5 Å². The number of amides is 1. The maximum Gasteiger partial charge on any atom is 0.272 e. The summed E-state index contributed by atoms with van der Waals surface area (Å²) in [5, 5.41) is 1.05. The molecular formula is C16H17ClN2O. The van der Waals surface area contributed by atoms with Gasteiger partial charge in [-0.2, -0.15) is 0 Å². The maximum absolute atomic E-state index is 12.6. The lowest BCUT2D eigenvalue weighted by atomic mass is 10.0. The van der Waals surface area contributed by atoms with Crippen LogP contribution < -0.4 is 0 Å². The molecule has 1 fully saturated rings. The zero-order valence-electron chi connectivity index (χ0n) is 11.4. The number of carbonyl (C=O) groups is 1. The summed E-state index contributed by atoms with van der Waals surface area (Å²) in [7, 11) is 0. The summed E-state index contributed by atoms with van der Waals surface area (Å²) >= 11 is 6.01. The standard InChI is InChI=1S/C16H17ClN2O/c1-11-8-9-19(15(11)10-17)16(20)14-7-6-12-4-2-3-5-13(12)18-14/h2-7,11,15H,8-10H2,1H3. The molecule has 1 aromatic heterocycles. The van der Waals surface area contributed by atoms with Crippen LogP contribution >= 0.6 is 11.6 Å². The van der Waals surface area contributed by atoms with E-state index in [4.69, 9.17) is 11.6 Å². The number of rotatable bonds is 2. The normalized spacial score (nSPS) is 22.4. The Morgan fingerprint density at radius 2 is 2.15 bits per heavy atom. The summed E-state index contributed by atoms with van der Waals surface area (Å²) in [5.74, 6) is 0.934. The molecule has 3 nitrogen and oxygen atoms in total. The Kier molecular flexibility index (Phi) is 3.62. The van der Waals surface area contributed by atoms with E-state index in [1.54, 1.807) is 6.07 Å². The van der Waals surface area contributed by atoms with E-state index in [1.807, 2.05) is 35.2 Å². The Labute approximate surface area is 123 Å². The molecule has 0 radical (unpaired) electrons. The largest absolute Gasteiger partial charge is 0.333 e. The SMILES string of the molecule is CC1CCN(C(=O)c2ccc3ccccc3n2)C1CCl. The van der Waals surface area contributed by atoms with Crippen LogP contribution in [0.1, 0.15) is 23.8 Å². The predicted octanol–water partition coefficient (Wildman–Crippen LogP) is 3.32. The molecule has 20 heavy (non-hydrogen) atoms. The van der Waals surface area contributed by atoms with Gasteiger partial charge in [-0.25, -0.2) is 4.98 Å². The number of fused-ring (bicyclic) bond motifs is 1. The topological polar surface area (TPSA) is 33.2 Å². The number of hydrogen-bond acceptors (Lipinski definition) is 2. The molecule has 2 aromatic rings. The molecular weight excluding hydrogens is 272 g/mol. The van der Waals surface area contributed by atoms with E-state index >= 15 is 0 Å². The van der Waals surface area contributed by atoms with Crippen LogP contribution in [0, 0.1) is 5.92 Å². The van der Waals surface area contributed by atoms with E-state index < -0.39 is 0 Å². The number of benzene rings is 1. The van der Waals surface area contributed by atoms with Gasteiger partial charge in [0.05, 0.1) is 5.52 Å². The van der Waals surface area contributed by atoms with Gasteiger partial charge in [-0.15, -0.1) is 11.6 Å². The lowest BCUT2D eigenvalue weighted by molar-refractivity contribution is 0.0731. The zero-order chi connectivity index (χ0) is 14.1. The van der Waals surface area contributed by atoms with E-state index in [0.29, 0.717) is 17.5 Å². The van der Waals surface area contributed by atoms with Gasteiger partial charge in [0.25, 0.3) is 5.91 Å². The van der Waals surface area contributed by atoms with Crippen LogP contribution in [0.4, 0.5) is 0 Å². The molecule has 1 saturated heterocycles. The fourth-order valence-electron chi connectivity index (χ4n) is 2.83. The van der Waals surface area contributed by atoms with Crippen LogP contribution in [0.25, 0.3) is 10.9 Å². The lowest BCUT2D eigenvalue weighted by Crippen LogP contribution is -2.39. The fraction of sp³-hybridized carbons (Fsp3) is 0.375. The maximum atomic E-state index is 12.6. The van der Waals surface area contributed by atoms with Crippen LogP contribution in [-0.4, -0.2) is 34.3 Å². The van der Waals surface area contributed by atoms with E-state index in [1.165, 1.54) is 0 Å². The zero-order valence-corrected chi connectivity index (χ0v) is 12.2. The molecule has 4 heteroatoms. The Bertz CT molecular complexity index is 643. The number of pyridine rings is 1. The number of nitrogens with zero attached hydrogens (tertiary/aromatic N) is 2. The second-order valence-electron chi connectivity index (χ2n) is 5.38. The van der Waals surface area contributed by atoms with Crippen LogP contribution in [0.15, 0.2) is 36.4 Å². The minimum atomic E-state index is -0.00856. The third-order valence-electron chi connectivity index (χ3n) is 4.12. The molecule has 2 atom stereocenters. The van der Waals surface area contributed by atoms with Crippen molar-refractivity contribution in [3.63, 3.8) is 0 Å². The highest BCUT2D eigenvalue weighted by Gasteiger charge is 2.34. The highest BCUT2D eigenvalue weighted by atomic mass is 35.5. The number of aromatic nitrogens is 1. The second-order valence-corrected chi connectivity index (χ2v) is 5.68. The van der Waals surface area contributed by atoms with E-state index in [2.05, 4.69) is 11.9 Å². The molecule has 1 aliphatic heterocycles. The first-order valence-electron chi connectivity index (χ1n) is 6.93. The highest BCUT2D eigenvalue weighted by molar-refractivity contribution is 6.18. The quantitative estimate of drug-likeness (QED) is 0.794. The van der Waals surface area contributed by atoms with E-state index in [9.17, 15) is 4.79 Å². The molecule has 2 unspecified atom stereocenters. The van der Waals surface area contributed by atoms with Crippen molar-refractivity contribution in [1.29, 1.82) is 0 Å². The fourth-order valence-corrected chi connectivity index (χ4v) is 3.30. The smallest absolute Gasteiger partial charge is 0.272 e. The average molecular weight is 289 g/mol. The lowest BCUT2D eigenvalue weighted by Gasteiger charge is -2.24. The minimum Gasteiger partial charge on any atom is -0.333 e. The number of alkyl halides is 1. The Balaban J connectivity index is 1.92. The van der Waals surface area contributed by atoms with Gasteiger partial charge in [0.1, 0.15) is 5.69 Å². The van der Waals surface area contributed by atoms with Gasteiger partial charge in [-0.3, -0.25) is 4.79 Å². The van der Waals surface area contributed by atoms with Crippen molar-refractivity contribution in [2.24, 2.45) is 5.92 Å². The van der Waals surface area contributed by atoms with Crippen LogP contribution in [0.5, 0.6) is 0 Å². The van der Waals surface area contributed by atoms with Crippen molar-refractivity contribution in [3.8, 4) is 0 Å². The number of carbonyl (C=O) groups excluding carboxylic acids is 1. The molecule has 0 bridgehead atoms. The number of hydrogen-bond donors (Lipinski definition) is 0. The molecule has 0 N–H and O–H groups in total. The molecule has 1 aromatic carbocycles. The van der Waals surface area contributed by atoms with Crippen LogP contribution in [0.2, 0.25) is 0 Å². The Hall–Kier alpha value is -1.61. The first-order valence-corrected chi connectivity index (χ1v) is 7.47. The third kappa shape index (κ3) is 2.27.